The molecule has 2 rings (SSSR count). The van der Waals surface area contributed by atoms with Crippen molar-refractivity contribution in [2.75, 3.05) is 49.7 Å². The Morgan fingerprint density at radius 2 is 2.04 bits per heavy atom. The number of nitrogens with one attached hydrogen (secondary N) is 1. The number of carbonyl (C=O) groups excluding carboxylic acids is 1. The van der Waals surface area contributed by atoms with Crippen LogP contribution in [0.15, 0.2) is 18.2 Å². The van der Waals surface area contributed by atoms with E-state index in [0.717, 1.165) is 0 Å². The topological polar surface area (TPSA) is 50.8 Å². The maximum Gasteiger partial charge on any atom is 0.411 e. The maximum absolute atomic E-state index is 12.0. The van der Waals surface area contributed by atoms with Crippen molar-refractivity contribution >= 4 is 28.9 Å². The van der Waals surface area contributed by atoms with Crippen molar-refractivity contribution in [3.63, 3.8) is 0 Å². The van der Waals surface area contributed by atoms with Gasteiger partial charge in [0.2, 0.25) is 5.91 Å². The molecule has 1 heterocycles. The summed E-state index contributed by atoms with van der Waals surface area (Å²) < 4.78 is 45.7. The fraction of sp³-hybridized carbons (Fsp3) is 0.533. The molecule has 9 heteroatoms. The van der Waals surface area contributed by atoms with Gasteiger partial charge in [0.05, 0.1) is 42.6 Å². The molecule has 1 aromatic rings. The van der Waals surface area contributed by atoms with Gasteiger partial charge >= 0.3 is 6.18 Å². The molecule has 1 N–H and O–H groups in total. The predicted molar refractivity (Wildman–Crippen MR) is 84.6 cm³/mol. The molecule has 0 spiro atoms. The minimum Gasteiger partial charge on any atom is -0.378 e. The molecular weight excluding hydrogens is 349 g/mol. The van der Waals surface area contributed by atoms with Crippen LogP contribution in [0.25, 0.3) is 0 Å². The van der Waals surface area contributed by atoms with Crippen LogP contribution in [0.4, 0.5) is 24.5 Å². The number of amides is 1. The van der Waals surface area contributed by atoms with E-state index < -0.39 is 18.7 Å². The van der Waals surface area contributed by atoms with Crippen molar-refractivity contribution in [3.8, 4) is 0 Å². The smallest absolute Gasteiger partial charge is 0.378 e. The highest BCUT2D eigenvalue weighted by Gasteiger charge is 2.27. The highest BCUT2D eigenvalue weighted by molar-refractivity contribution is 6.34. The second kappa shape index (κ2) is 8.55. The molecule has 134 valence electrons. The molecule has 0 radical (unpaired) electrons. The van der Waals surface area contributed by atoms with Gasteiger partial charge in [-0.1, -0.05) is 17.7 Å². The first kappa shape index (κ1) is 18.8. The molecule has 1 fully saturated rings. The number of ether oxygens (including phenoxy) is 2. The summed E-state index contributed by atoms with van der Waals surface area (Å²) in [6.45, 7) is 0.728. The lowest BCUT2D eigenvalue weighted by molar-refractivity contribution is -0.174. The van der Waals surface area contributed by atoms with Gasteiger partial charge in [0.1, 0.15) is 6.61 Å². The highest BCUT2D eigenvalue weighted by atomic mass is 35.5. The van der Waals surface area contributed by atoms with Crippen LogP contribution in [0.2, 0.25) is 5.02 Å². The van der Waals surface area contributed by atoms with Crippen molar-refractivity contribution in [1.29, 1.82) is 0 Å². The molecule has 0 unspecified atom stereocenters. The van der Waals surface area contributed by atoms with E-state index in [2.05, 4.69) is 10.1 Å². The van der Waals surface area contributed by atoms with Gasteiger partial charge in [0.25, 0.3) is 0 Å². The van der Waals surface area contributed by atoms with Crippen LogP contribution < -0.4 is 10.2 Å². The summed E-state index contributed by atoms with van der Waals surface area (Å²) in [4.78, 5) is 13.9. The van der Waals surface area contributed by atoms with Gasteiger partial charge < -0.3 is 19.7 Å². The van der Waals surface area contributed by atoms with Crippen molar-refractivity contribution in [1.82, 2.24) is 0 Å². The summed E-state index contributed by atoms with van der Waals surface area (Å²) in [5.74, 6) is -0.436. The van der Waals surface area contributed by atoms with Gasteiger partial charge in [-0.2, -0.15) is 13.2 Å². The minimum absolute atomic E-state index is 0.175. The summed E-state index contributed by atoms with van der Waals surface area (Å²) in [7, 11) is 0. The second-order valence-corrected chi connectivity index (χ2v) is 5.61. The van der Waals surface area contributed by atoms with E-state index in [1.807, 2.05) is 4.90 Å². The van der Waals surface area contributed by atoms with Crippen LogP contribution in [0, 0.1) is 0 Å². The minimum atomic E-state index is -4.40. The standard InChI is InChI=1S/C15H18ClF3N2O3/c16-11-2-1-3-12(14(11)21-5-8-23-9-6-21)20-13(22)4-7-24-10-15(17,18)19/h1-3H,4-10H2,(H,20,22). The average Bonchev–Trinajstić information content (AvgIpc) is 2.52. The molecule has 0 aromatic heterocycles. The zero-order valence-electron chi connectivity index (χ0n) is 12.9. The summed E-state index contributed by atoms with van der Waals surface area (Å²) in [5.41, 5.74) is 1.21. The van der Waals surface area contributed by atoms with Crippen molar-refractivity contribution in [2.24, 2.45) is 0 Å². The number of alkyl halides is 3. The number of hydrogen-bond acceptors (Lipinski definition) is 4. The maximum atomic E-state index is 12.0. The Balaban J connectivity index is 1.94. The fourth-order valence-corrected chi connectivity index (χ4v) is 2.58. The first-order chi connectivity index (χ1) is 11.4. The average molecular weight is 367 g/mol. The molecule has 0 bridgehead atoms. The van der Waals surface area contributed by atoms with Crippen LogP contribution in [-0.4, -0.2) is 51.6 Å². The molecule has 5 nitrogen and oxygen atoms in total. The van der Waals surface area contributed by atoms with Gasteiger partial charge in [0.15, 0.2) is 0 Å². The van der Waals surface area contributed by atoms with Crippen molar-refractivity contribution in [2.45, 2.75) is 12.6 Å². The largest absolute Gasteiger partial charge is 0.411 e. The number of rotatable bonds is 6. The number of halogens is 4. The van der Waals surface area contributed by atoms with Crippen LogP contribution in [0.1, 0.15) is 6.42 Å². The van der Waals surface area contributed by atoms with Crippen LogP contribution >= 0.6 is 11.6 Å². The Hall–Kier alpha value is -1.51. The molecule has 0 aliphatic carbocycles. The molecule has 1 aromatic carbocycles. The third kappa shape index (κ3) is 5.85. The first-order valence-electron chi connectivity index (χ1n) is 7.42. The molecule has 24 heavy (non-hydrogen) atoms. The zero-order chi connectivity index (χ0) is 17.6. The summed E-state index contributed by atoms with van der Waals surface area (Å²) in [6.07, 6.45) is -4.57. The van der Waals surface area contributed by atoms with E-state index in [1.165, 1.54) is 0 Å². The lowest BCUT2D eigenvalue weighted by atomic mass is 10.2. The Bertz CT molecular complexity index is 563. The van der Waals surface area contributed by atoms with Crippen LogP contribution in [0.3, 0.4) is 0 Å². The number of morpholine rings is 1. The Morgan fingerprint density at radius 3 is 2.71 bits per heavy atom. The fourth-order valence-electron chi connectivity index (χ4n) is 2.29. The number of hydrogen-bond donors (Lipinski definition) is 1. The number of carbonyl (C=O) groups is 1. The third-order valence-electron chi connectivity index (χ3n) is 3.33. The number of nitrogens with zero attached hydrogens (tertiary/aromatic N) is 1. The Morgan fingerprint density at radius 1 is 1.33 bits per heavy atom. The number of anilines is 2. The molecular formula is C15H18ClF3N2O3. The molecule has 1 amide bonds. The van der Waals surface area contributed by atoms with E-state index in [4.69, 9.17) is 16.3 Å². The monoisotopic (exact) mass is 366 g/mol. The highest BCUT2D eigenvalue weighted by Crippen LogP contribution is 2.34. The van der Waals surface area contributed by atoms with Gasteiger partial charge in [-0.25, -0.2) is 0 Å². The first-order valence-corrected chi connectivity index (χ1v) is 7.80. The molecule has 0 saturated carbocycles. The summed E-state index contributed by atoms with van der Waals surface area (Å²) >= 11 is 6.24. The normalized spacial score (nSPS) is 15.4. The number of para-hydroxylation sites is 1. The van der Waals surface area contributed by atoms with Crippen LogP contribution in [0.5, 0.6) is 0 Å². The summed E-state index contributed by atoms with van der Waals surface area (Å²) in [5, 5.41) is 3.17. The predicted octanol–water partition coefficient (Wildman–Crippen LogP) is 3.08. The van der Waals surface area contributed by atoms with E-state index >= 15 is 0 Å². The summed E-state index contributed by atoms with van der Waals surface area (Å²) in [6, 6.07) is 5.11. The lowest BCUT2D eigenvalue weighted by Crippen LogP contribution is -2.37. The molecule has 1 aliphatic rings. The van der Waals surface area contributed by atoms with Crippen molar-refractivity contribution in [3.05, 3.63) is 23.2 Å². The van der Waals surface area contributed by atoms with Gasteiger partial charge in [-0.15, -0.1) is 0 Å². The zero-order valence-corrected chi connectivity index (χ0v) is 13.6. The third-order valence-corrected chi connectivity index (χ3v) is 3.63. The lowest BCUT2D eigenvalue weighted by Gasteiger charge is -2.31. The molecule has 0 atom stereocenters. The van der Waals surface area contributed by atoms with Gasteiger partial charge in [-0.3, -0.25) is 4.79 Å². The van der Waals surface area contributed by atoms with E-state index in [0.29, 0.717) is 42.7 Å². The Labute approximate surface area is 142 Å². The SMILES string of the molecule is O=C(CCOCC(F)(F)F)Nc1cccc(Cl)c1N1CCOCC1. The quantitative estimate of drug-likeness (QED) is 0.786. The van der Waals surface area contributed by atoms with E-state index in [1.54, 1.807) is 18.2 Å². The molecule has 1 saturated heterocycles. The number of benzene rings is 1. The van der Waals surface area contributed by atoms with E-state index in [-0.39, 0.29) is 13.0 Å². The van der Waals surface area contributed by atoms with Crippen LogP contribution in [-0.2, 0) is 14.3 Å². The van der Waals surface area contributed by atoms with Crippen molar-refractivity contribution < 1.29 is 27.4 Å². The second-order valence-electron chi connectivity index (χ2n) is 5.20. The van der Waals surface area contributed by atoms with E-state index in [9.17, 15) is 18.0 Å². The van der Waals surface area contributed by atoms with Gasteiger partial charge in [0, 0.05) is 13.1 Å². The molecule has 1 aliphatic heterocycles. The Kier molecular flexibility index (Phi) is 6.70. The van der Waals surface area contributed by atoms with Gasteiger partial charge in [-0.05, 0) is 12.1 Å².